The summed E-state index contributed by atoms with van der Waals surface area (Å²) < 4.78 is 0. The van der Waals surface area contributed by atoms with Gasteiger partial charge in [-0.1, -0.05) is 66.2 Å². The van der Waals surface area contributed by atoms with Crippen molar-refractivity contribution >= 4 is 32.4 Å². The van der Waals surface area contributed by atoms with Gasteiger partial charge in [0.1, 0.15) is 0 Å². The molecule has 4 heteroatoms. The SMILES string of the molecule is CCC1=CC(C(C)C)=[C-]C1.CCC1=CC(C(C)C)=[C-]C1.Cl.Cl.[CH3-].[CH3-].[SiH2]=[Ti]. The van der Waals surface area contributed by atoms with E-state index in [2.05, 4.69) is 65.8 Å². The third-order valence-corrected chi connectivity index (χ3v) is 3.91. The molecule has 0 aromatic heterocycles. The Morgan fingerprint density at radius 2 is 1.08 bits per heavy atom. The molecule has 0 heterocycles. The van der Waals surface area contributed by atoms with Crippen LogP contribution in [0.5, 0.6) is 0 Å². The van der Waals surface area contributed by atoms with E-state index in [9.17, 15) is 0 Å². The first kappa shape index (κ1) is 37.3. The van der Waals surface area contributed by atoms with Gasteiger partial charge < -0.3 is 14.9 Å². The first-order chi connectivity index (χ1) is 10.5. The van der Waals surface area contributed by atoms with Crippen molar-refractivity contribution < 1.29 is 19.2 Å². The van der Waals surface area contributed by atoms with Gasteiger partial charge in [0.2, 0.25) is 0 Å². The van der Waals surface area contributed by atoms with Crippen molar-refractivity contribution in [3.63, 3.8) is 0 Å². The molecule has 2 rings (SSSR count). The first-order valence-corrected chi connectivity index (χ1v) is 12.5. The zero-order chi connectivity index (χ0) is 17.1. The summed E-state index contributed by atoms with van der Waals surface area (Å²) in [5, 5.41) is 0. The van der Waals surface area contributed by atoms with E-state index in [1.165, 1.54) is 35.1 Å². The first-order valence-electron chi connectivity index (χ1n) is 8.43. The fourth-order valence-electron chi connectivity index (χ4n) is 2.27. The summed E-state index contributed by atoms with van der Waals surface area (Å²) in [6.07, 6.45) is 15.9. The fourth-order valence-corrected chi connectivity index (χ4v) is 2.27. The number of hydrogen-bond acceptors (Lipinski definition) is 0. The zero-order valence-electron chi connectivity index (χ0n) is 18.2. The summed E-state index contributed by atoms with van der Waals surface area (Å²) in [7, 11) is 1.86. The number of halogens is 2. The molecule has 0 amide bonds. The average Bonchev–Trinajstić information content (AvgIpc) is 3.19. The van der Waals surface area contributed by atoms with E-state index in [1.54, 1.807) is 0 Å². The average molecular weight is 451 g/mol. The molecule has 154 valence electrons. The van der Waals surface area contributed by atoms with Crippen LogP contribution in [0.15, 0.2) is 34.4 Å². The minimum atomic E-state index is 0. The molecule has 2 aliphatic carbocycles. The Morgan fingerprint density at radius 1 is 0.808 bits per heavy atom. The molecule has 0 aromatic carbocycles. The molecule has 0 bridgehead atoms. The molecule has 0 N–H and O–H groups in total. The maximum atomic E-state index is 3.38. The number of rotatable bonds is 4. The standard InChI is InChI=1S/2C10H15.2CH3.2ClH.H2Si.Ti/c2*1-4-9-5-6-10(7-9)8(2)3;;;;;;/h2*7-8H,4-5H2,1-3H3;2*1H3;2*1H;1H2;/q4*-1;;;;. The predicted octanol–water partition coefficient (Wildman–Crippen LogP) is 7.05. The molecule has 0 nitrogen and oxygen atoms in total. The predicted molar refractivity (Wildman–Crippen MR) is 125 cm³/mol. The van der Waals surface area contributed by atoms with E-state index in [4.69, 9.17) is 0 Å². The van der Waals surface area contributed by atoms with Crippen LogP contribution in [0.1, 0.15) is 67.2 Å². The molecule has 0 radical (unpaired) electrons. The van der Waals surface area contributed by atoms with Crippen LogP contribution in [0.2, 0.25) is 0 Å². The Balaban J connectivity index is -0.0000000904. The van der Waals surface area contributed by atoms with Gasteiger partial charge in [-0.25, -0.2) is 23.3 Å². The Bertz CT molecular complexity index is 419. The molecule has 0 atom stereocenters. The summed E-state index contributed by atoms with van der Waals surface area (Å²) in [6, 6.07) is 0. The van der Waals surface area contributed by atoms with Crippen molar-refractivity contribution in [3.05, 3.63) is 61.4 Å². The summed E-state index contributed by atoms with van der Waals surface area (Å²) in [5.41, 5.74) is 5.86. The van der Waals surface area contributed by atoms with Gasteiger partial charge >= 0.3 is 26.8 Å². The Kier molecular flexibility index (Phi) is 31.2. The van der Waals surface area contributed by atoms with Crippen molar-refractivity contribution in [3.8, 4) is 0 Å². The van der Waals surface area contributed by atoms with Crippen molar-refractivity contribution in [2.75, 3.05) is 0 Å². The summed E-state index contributed by atoms with van der Waals surface area (Å²) >= 11 is 2.03. The van der Waals surface area contributed by atoms with Crippen molar-refractivity contribution in [1.82, 2.24) is 0 Å². The number of allylic oxidation sites excluding steroid dienone is 8. The third kappa shape index (κ3) is 14.5. The summed E-state index contributed by atoms with van der Waals surface area (Å²) in [5.74, 6) is 1.31. The second-order valence-electron chi connectivity index (χ2n) is 6.24. The van der Waals surface area contributed by atoms with E-state index < -0.39 is 0 Å². The van der Waals surface area contributed by atoms with E-state index in [-0.39, 0.29) is 39.7 Å². The van der Waals surface area contributed by atoms with Gasteiger partial charge in [-0.15, -0.1) is 37.7 Å². The Hall–Kier alpha value is 0.471. The number of hydrogen-bond donors (Lipinski definition) is 0. The molecule has 0 saturated carbocycles. The van der Waals surface area contributed by atoms with Crippen LogP contribution < -0.4 is 0 Å². The molecule has 0 saturated heterocycles. The molecule has 0 unspecified atom stereocenters. The topological polar surface area (TPSA) is 0 Å². The maximum absolute atomic E-state index is 3.38. The molecule has 0 aromatic rings. The van der Waals surface area contributed by atoms with E-state index >= 15 is 0 Å². The van der Waals surface area contributed by atoms with Crippen molar-refractivity contribution in [2.45, 2.75) is 67.2 Å². The monoisotopic (exact) mass is 450 g/mol. The molecule has 0 aliphatic heterocycles. The summed E-state index contributed by atoms with van der Waals surface area (Å²) in [4.78, 5) is 0. The van der Waals surface area contributed by atoms with Gasteiger partial charge in [0.05, 0.1) is 0 Å². The van der Waals surface area contributed by atoms with Crippen LogP contribution in [0, 0.1) is 38.8 Å². The Morgan fingerprint density at radius 3 is 1.19 bits per heavy atom. The molecular formula is C22H40Cl2SiTi-4. The van der Waals surface area contributed by atoms with Crippen LogP contribution in [0.25, 0.3) is 0 Å². The fraction of sp³-hybridized carbons (Fsp3) is 0.545. The van der Waals surface area contributed by atoms with Crippen LogP contribution in [-0.4, -0.2) is 7.63 Å². The second-order valence-corrected chi connectivity index (χ2v) is 6.24. The molecule has 0 spiro atoms. The van der Waals surface area contributed by atoms with Crippen LogP contribution >= 0.6 is 24.8 Å². The van der Waals surface area contributed by atoms with Crippen LogP contribution in [0.4, 0.5) is 0 Å². The second kappa shape index (κ2) is 21.8. The van der Waals surface area contributed by atoms with E-state index in [0.717, 1.165) is 12.8 Å². The molecule has 26 heavy (non-hydrogen) atoms. The molecular weight excluding hydrogens is 411 g/mol. The van der Waals surface area contributed by atoms with Crippen molar-refractivity contribution in [1.29, 1.82) is 0 Å². The Labute approximate surface area is 191 Å². The zero-order valence-corrected chi connectivity index (χ0v) is 22.8. The quantitative estimate of drug-likeness (QED) is 0.317. The van der Waals surface area contributed by atoms with Gasteiger partial charge in [0.25, 0.3) is 0 Å². The van der Waals surface area contributed by atoms with Gasteiger partial charge in [-0.2, -0.15) is 11.1 Å². The van der Waals surface area contributed by atoms with Crippen molar-refractivity contribution in [2.24, 2.45) is 11.8 Å². The molecule has 0 fully saturated rings. The van der Waals surface area contributed by atoms with E-state index in [1.807, 2.05) is 26.8 Å². The van der Waals surface area contributed by atoms with E-state index in [0.29, 0.717) is 11.8 Å². The third-order valence-electron chi connectivity index (χ3n) is 3.91. The minimum absolute atomic E-state index is 0. The van der Waals surface area contributed by atoms with Gasteiger partial charge in [-0.05, 0) is 0 Å². The van der Waals surface area contributed by atoms with Gasteiger partial charge in [-0.3, -0.25) is 12.2 Å². The molecule has 2 aliphatic rings. The normalized spacial score (nSPS) is 13.7. The summed E-state index contributed by atoms with van der Waals surface area (Å²) in [6.45, 7) is 13.3. The van der Waals surface area contributed by atoms with Gasteiger partial charge in [0, 0.05) is 0 Å². The van der Waals surface area contributed by atoms with Crippen LogP contribution in [-0.2, 0) is 19.2 Å². The van der Waals surface area contributed by atoms with Gasteiger partial charge in [0.15, 0.2) is 0 Å². The van der Waals surface area contributed by atoms with Crippen LogP contribution in [0.3, 0.4) is 0 Å².